The molecule has 0 aromatic carbocycles. The Morgan fingerprint density at radius 3 is 2.67 bits per heavy atom. The van der Waals surface area contributed by atoms with Gasteiger partial charge in [0.2, 0.25) is 0 Å². The van der Waals surface area contributed by atoms with Gasteiger partial charge < -0.3 is 0 Å². The summed E-state index contributed by atoms with van der Waals surface area (Å²) in [6.45, 7) is 0. The van der Waals surface area contributed by atoms with Crippen LogP contribution in [0, 0.1) is 0 Å². The first-order chi connectivity index (χ1) is 2.89. The summed E-state index contributed by atoms with van der Waals surface area (Å²) >= 11 is 1.43. The van der Waals surface area contributed by atoms with Crippen molar-refractivity contribution in [2.75, 3.05) is 0 Å². The summed E-state index contributed by atoms with van der Waals surface area (Å²) in [5, 5.41) is 3.75. The number of hydrogen-bond acceptors (Lipinski definition) is 2. The average molecular weight is 145 g/mol. The first-order valence-electron chi connectivity index (χ1n) is 1.49. The Kier molecular flexibility index (Phi) is 0.925. The van der Waals surface area contributed by atoms with Crippen LogP contribution in [-0.2, 0) is 0 Å². The topological polar surface area (TPSA) is 30.7 Å². The normalized spacial score (nSPS) is 8.83. The molecule has 32 valence electrons. The van der Waals surface area contributed by atoms with E-state index in [1.807, 2.05) is 0 Å². The van der Waals surface area contributed by atoms with Gasteiger partial charge in [-0.05, 0) is 0 Å². The summed E-state index contributed by atoms with van der Waals surface area (Å²) in [7, 11) is 0. The summed E-state index contributed by atoms with van der Waals surface area (Å²) in [5.74, 6) is 0. The molecule has 0 spiro atoms. The first kappa shape index (κ1) is 3.87. The molecule has 1 aromatic heterocycles. The van der Waals surface area contributed by atoms with Crippen LogP contribution in [0.3, 0.4) is 0 Å². The molecule has 4 heteroatoms. The van der Waals surface area contributed by atoms with Gasteiger partial charge in [-0.3, -0.25) is 0 Å². The van der Waals surface area contributed by atoms with Crippen LogP contribution >= 0.6 is 0 Å². The zero-order chi connectivity index (χ0) is 4.41. The Balaban J connectivity index is 3.05. The van der Waals surface area contributed by atoms with Crippen molar-refractivity contribution in [1.82, 2.24) is 13.7 Å². The third-order valence-corrected chi connectivity index (χ3v) is 0.996. The van der Waals surface area contributed by atoms with Gasteiger partial charge in [-0.1, -0.05) is 0 Å². The van der Waals surface area contributed by atoms with Gasteiger partial charge in [0.25, 0.3) is 0 Å². The van der Waals surface area contributed by atoms with Crippen LogP contribution in [0.1, 0.15) is 0 Å². The zero-order valence-corrected chi connectivity index (χ0v) is 5.50. The van der Waals surface area contributed by atoms with Crippen molar-refractivity contribution in [2.24, 2.45) is 0 Å². The van der Waals surface area contributed by atoms with Crippen molar-refractivity contribution in [1.29, 1.82) is 0 Å². The molecule has 1 atom stereocenters. The van der Waals surface area contributed by atoms with Crippen LogP contribution < -0.4 is 0 Å². The van der Waals surface area contributed by atoms with Crippen LogP contribution in [0.2, 0.25) is 0 Å². The fourth-order valence-corrected chi connectivity index (χ4v) is 0.504. The van der Waals surface area contributed by atoms with E-state index in [1.54, 1.807) is 9.93 Å². The zero-order valence-electron chi connectivity index (χ0n) is 3.07. The van der Waals surface area contributed by atoms with Crippen molar-refractivity contribution in [3.63, 3.8) is 0 Å². The Labute approximate surface area is 44.1 Å². The van der Waals surface area contributed by atoms with Crippen molar-refractivity contribution in [2.45, 2.75) is 0 Å². The Bertz CT molecular complexity index is 112. The predicted octanol–water partition coefficient (Wildman–Crippen LogP) is -1.33. The summed E-state index contributed by atoms with van der Waals surface area (Å²) < 4.78 is 1.70. The molecular weight excluding hydrogens is 141 g/mol. The molecule has 1 heterocycles. The fourth-order valence-electron chi connectivity index (χ4n) is 0.217. The molecule has 0 aliphatic rings. The van der Waals surface area contributed by atoms with Gasteiger partial charge in [-0.25, -0.2) is 0 Å². The quantitative estimate of drug-likeness (QED) is 0.423. The number of nitrogens with zero attached hydrogens (tertiary/aromatic N) is 3. The van der Waals surface area contributed by atoms with Crippen molar-refractivity contribution >= 4 is 17.1 Å². The van der Waals surface area contributed by atoms with E-state index in [1.165, 1.54) is 23.4 Å². The molecule has 0 amide bonds. The number of rotatable bonds is 0. The number of aromatic nitrogens is 3. The first-order valence-corrected chi connectivity index (χ1v) is 2.57. The molecule has 0 saturated carbocycles. The second kappa shape index (κ2) is 1.43. The van der Waals surface area contributed by atoms with Crippen molar-refractivity contribution in [3.05, 3.63) is 12.7 Å². The molecule has 1 aromatic rings. The number of hydrogen-bond donors (Lipinski definition) is 0. The predicted molar refractivity (Wildman–Crippen MR) is 24.0 cm³/mol. The van der Waals surface area contributed by atoms with Crippen molar-refractivity contribution in [3.8, 4) is 0 Å². The average Bonchev–Trinajstić information content (AvgIpc) is 1.86. The minimum atomic E-state index is 1.43. The van der Waals surface area contributed by atoms with Crippen LogP contribution in [0.4, 0.5) is 0 Å². The molecule has 1 unspecified atom stereocenters. The van der Waals surface area contributed by atoms with Crippen LogP contribution in [0.5, 0.6) is 0 Å². The van der Waals surface area contributed by atoms with Crippen LogP contribution in [-0.4, -0.2) is 30.8 Å². The van der Waals surface area contributed by atoms with Gasteiger partial charge in [-0.2, -0.15) is 0 Å². The molecule has 0 radical (unpaired) electrons. The van der Waals surface area contributed by atoms with E-state index in [4.69, 9.17) is 0 Å². The van der Waals surface area contributed by atoms with Gasteiger partial charge in [0, 0.05) is 0 Å². The van der Waals surface area contributed by atoms with E-state index in [-0.39, 0.29) is 0 Å². The maximum atomic E-state index is 3.75. The van der Waals surface area contributed by atoms with E-state index in [2.05, 4.69) is 10.1 Å². The SMILES string of the molecule is [AsH2]n1cncn1. The van der Waals surface area contributed by atoms with Gasteiger partial charge >= 0.3 is 43.4 Å². The summed E-state index contributed by atoms with van der Waals surface area (Å²) in [5.41, 5.74) is 0. The second-order valence-electron chi connectivity index (χ2n) is 0.875. The summed E-state index contributed by atoms with van der Waals surface area (Å²) in [6, 6.07) is 0. The molecule has 0 aliphatic carbocycles. The van der Waals surface area contributed by atoms with E-state index in [9.17, 15) is 0 Å². The standard InChI is InChI=1S/C2H4AsN3/c3-6-2-4-1-5-6/h1-2H,3H2. The van der Waals surface area contributed by atoms with Crippen LogP contribution in [0.25, 0.3) is 0 Å². The summed E-state index contributed by atoms with van der Waals surface area (Å²) in [4.78, 5) is 3.69. The molecule has 1 rings (SSSR count). The third kappa shape index (κ3) is 0.600. The molecule has 0 aliphatic heterocycles. The van der Waals surface area contributed by atoms with Crippen molar-refractivity contribution < 1.29 is 0 Å². The fraction of sp³-hybridized carbons (Fsp3) is 0. The summed E-state index contributed by atoms with van der Waals surface area (Å²) in [6.07, 6.45) is 3.18. The van der Waals surface area contributed by atoms with Gasteiger partial charge in [0.1, 0.15) is 0 Å². The molecule has 0 bridgehead atoms. The minimum absolute atomic E-state index is 1.43. The maximum absolute atomic E-state index is 3.75. The van der Waals surface area contributed by atoms with E-state index in [0.717, 1.165) is 0 Å². The van der Waals surface area contributed by atoms with Gasteiger partial charge in [0.15, 0.2) is 0 Å². The molecule has 0 N–H and O–H groups in total. The van der Waals surface area contributed by atoms with E-state index >= 15 is 0 Å². The molecular formula is C2H4AsN3. The third-order valence-electron chi connectivity index (χ3n) is 0.437. The van der Waals surface area contributed by atoms with E-state index < -0.39 is 0 Å². The Hall–Kier alpha value is -0.302. The van der Waals surface area contributed by atoms with Gasteiger partial charge in [0.05, 0.1) is 0 Å². The molecule has 0 saturated heterocycles. The van der Waals surface area contributed by atoms with E-state index in [0.29, 0.717) is 0 Å². The monoisotopic (exact) mass is 145 g/mol. The van der Waals surface area contributed by atoms with Gasteiger partial charge in [-0.15, -0.1) is 0 Å². The molecule has 3 nitrogen and oxygen atoms in total. The Morgan fingerprint density at radius 1 is 1.67 bits per heavy atom. The van der Waals surface area contributed by atoms with Crippen LogP contribution in [0.15, 0.2) is 12.7 Å². The molecule has 0 fully saturated rings. The Morgan fingerprint density at radius 2 is 2.50 bits per heavy atom. The molecule has 6 heavy (non-hydrogen) atoms. The second-order valence-corrected chi connectivity index (χ2v) is 1.99.